The average Bonchev–Trinajstić information content (AvgIpc) is 2.68. The van der Waals surface area contributed by atoms with Gasteiger partial charge in [-0.2, -0.15) is 0 Å². The summed E-state index contributed by atoms with van der Waals surface area (Å²) in [6.45, 7) is 1.80. The zero-order chi connectivity index (χ0) is 11.7. The minimum absolute atomic E-state index is 0.0954. The summed E-state index contributed by atoms with van der Waals surface area (Å²) >= 11 is 0. The number of hydrogen-bond donors (Lipinski definition) is 1. The lowest BCUT2D eigenvalue weighted by atomic mass is 10.0. The second-order valence-corrected chi connectivity index (χ2v) is 3.59. The van der Waals surface area contributed by atoms with Crippen LogP contribution in [-0.4, -0.2) is 0 Å². The molecule has 2 rings (SSSR count). The SMILES string of the molecule is Cc1ccoc1C(N)c1cccc(F)c1F. The fourth-order valence-electron chi connectivity index (χ4n) is 1.60. The summed E-state index contributed by atoms with van der Waals surface area (Å²) in [7, 11) is 0. The van der Waals surface area contributed by atoms with Crippen LogP contribution < -0.4 is 5.73 Å². The summed E-state index contributed by atoms with van der Waals surface area (Å²) in [6.07, 6.45) is 1.47. The molecule has 0 aliphatic carbocycles. The minimum atomic E-state index is -0.925. The Hall–Kier alpha value is -1.68. The quantitative estimate of drug-likeness (QED) is 0.850. The van der Waals surface area contributed by atoms with Gasteiger partial charge in [-0.3, -0.25) is 0 Å². The van der Waals surface area contributed by atoms with E-state index in [-0.39, 0.29) is 5.56 Å². The zero-order valence-corrected chi connectivity index (χ0v) is 8.71. The Morgan fingerprint density at radius 2 is 2.00 bits per heavy atom. The first-order valence-corrected chi connectivity index (χ1v) is 4.84. The van der Waals surface area contributed by atoms with E-state index in [1.54, 1.807) is 13.0 Å². The number of rotatable bonds is 2. The van der Waals surface area contributed by atoms with Crippen molar-refractivity contribution in [1.29, 1.82) is 0 Å². The first-order chi connectivity index (χ1) is 7.61. The van der Waals surface area contributed by atoms with Crippen LogP contribution in [-0.2, 0) is 0 Å². The van der Waals surface area contributed by atoms with Gasteiger partial charge >= 0.3 is 0 Å². The van der Waals surface area contributed by atoms with Gasteiger partial charge in [0.25, 0.3) is 0 Å². The molecule has 84 valence electrons. The van der Waals surface area contributed by atoms with E-state index in [9.17, 15) is 8.78 Å². The maximum absolute atomic E-state index is 13.5. The number of hydrogen-bond acceptors (Lipinski definition) is 2. The van der Waals surface area contributed by atoms with Gasteiger partial charge in [0, 0.05) is 5.56 Å². The van der Waals surface area contributed by atoms with Crippen LogP contribution in [0.4, 0.5) is 8.78 Å². The van der Waals surface area contributed by atoms with Crippen LogP contribution in [0.5, 0.6) is 0 Å². The lowest BCUT2D eigenvalue weighted by Crippen LogP contribution is -2.14. The molecule has 1 unspecified atom stereocenters. The predicted octanol–water partition coefficient (Wildman–Crippen LogP) is 2.91. The van der Waals surface area contributed by atoms with Crippen LogP contribution in [0, 0.1) is 18.6 Å². The summed E-state index contributed by atoms with van der Waals surface area (Å²) in [5.41, 5.74) is 6.74. The van der Waals surface area contributed by atoms with E-state index in [0.29, 0.717) is 5.76 Å². The lowest BCUT2D eigenvalue weighted by Gasteiger charge is -2.11. The van der Waals surface area contributed by atoms with E-state index in [2.05, 4.69) is 0 Å². The number of aryl methyl sites for hydroxylation is 1. The number of nitrogens with two attached hydrogens (primary N) is 1. The molecule has 0 saturated carbocycles. The van der Waals surface area contributed by atoms with Gasteiger partial charge < -0.3 is 10.2 Å². The molecule has 0 bridgehead atoms. The fourth-order valence-corrected chi connectivity index (χ4v) is 1.60. The second kappa shape index (κ2) is 4.06. The van der Waals surface area contributed by atoms with Crippen molar-refractivity contribution in [3.05, 3.63) is 59.1 Å². The van der Waals surface area contributed by atoms with E-state index in [1.807, 2.05) is 0 Å². The van der Waals surface area contributed by atoms with Crippen LogP contribution in [0.25, 0.3) is 0 Å². The van der Waals surface area contributed by atoms with Crippen molar-refractivity contribution in [2.75, 3.05) is 0 Å². The van der Waals surface area contributed by atoms with Crippen LogP contribution in [0.1, 0.15) is 22.9 Å². The first-order valence-electron chi connectivity index (χ1n) is 4.84. The van der Waals surface area contributed by atoms with E-state index >= 15 is 0 Å². The summed E-state index contributed by atoms with van der Waals surface area (Å²) in [5.74, 6) is -1.38. The van der Waals surface area contributed by atoms with Crippen molar-refractivity contribution in [3.63, 3.8) is 0 Å². The minimum Gasteiger partial charge on any atom is -0.467 e. The molecule has 0 amide bonds. The van der Waals surface area contributed by atoms with E-state index in [0.717, 1.165) is 11.6 Å². The molecule has 0 radical (unpaired) electrons. The van der Waals surface area contributed by atoms with Gasteiger partial charge in [0.2, 0.25) is 0 Å². The third-order valence-electron chi connectivity index (χ3n) is 2.50. The molecule has 1 atom stereocenters. The Balaban J connectivity index is 2.46. The first kappa shape index (κ1) is 10.8. The summed E-state index contributed by atoms with van der Waals surface area (Å²) in [5, 5.41) is 0. The van der Waals surface area contributed by atoms with Crippen LogP contribution in [0.2, 0.25) is 0 Å². The van der Waals surface area contributed by atoms with Crippen molar-refractivity contribution >= 4 is 0 Å². The van der Waals surface area contributed by atoms with Crippen molar-refractivity contribution < 1.29 is 13.2 Å². The monoisotopic (exact) mass is 223 g/mol. The Kier molecular flexibility index (Phi) is 2.75. The number of benzene rings is 1. The van der Waals surface area contributed by atoms with Gasteiger partial charge in [-0.25, -0.2) is 8.78 Å². The van der Waals surface area contributed by atoms with Crippen molar-refractivity contribution in [2.45, 2.75) is 13.0 Å². The van der Waals surface area contributed by atoms with Gasteiger partial charge in [-0.15, -0.1) is 0 Å². The molecule has 1 heterocycles. The van der Waals surface area contributed by atoms with Crippen LogP contribution >= 0.6 is 0 Å². The van der Waals surface area contributed by atoms with Gasteiger partial charge in [0.1, 0.15) is 5.76 Å². The van der Waals surface area contributed by atoms with Crippen molar-refractivity contribution in [1.82, 2.24) is 0 Å². The second-order valence-electron chi connectivity index (χ2n) is 3.59. The van der Waals surface area contributed by atoms with Gasteiger partial charge in [-0.1, -0.05) is 12.1 Å². The molecule has 16 heavy (non-hydrogen) atoms. The molecular formula is C12H11F2NO. The maximum Gasteiger partial charge on any atom is 0.164 e. The zero-order valence-electron chi connectivity index (χ0n) is 8.71. The molecule has 0 aliphatic rings. The highest BCUT2D eigenvalue weighted by Crippen LogP contribution is 2.26. The molecule has 1 aromatic heterocycles. The van der Waals surface area contributed by atoms with Crippen LogP contribution in [0.3, 0.4) is 0 Å². The highest BCUT2D eigenvalue weighted by atomic mass is 19.2. The van der Waals surface area contributed by atoms with Gasteiger partial charge in [-0.05, 0) is 24.6 Å². The Bertz CT molecular complexity index is 507. The van der Waals surface area contributed by atoms with Gasteiger partial charge in [0.05, 0.1) is 12.3 Å². The van der Waals surface area contributed by atoms with Crippen molar-refractivity contribution in [2.24, 2.45) is 5.73 Å². The third-order valence-corrected chi connectivity index (χ3v) is 2.50. The third kappa shape index (κ3) is 1.72. The highest BCUT2D eigenvalue weighted by molar-refractivity contribution is 5.31. The molecule has 0 fully saturated rings. The molecule has 0 saturated heterocycles. The maximum atomic E-state index is 13.5. The molecule has 0 spiro atoms. The molecule has 2 nitrogen and oxygen atoms in total. The van der Waals surface area contributed by atoms with Crippen LogP contribution in [0.15, 0.2) is 34.9 Å². The largest absolute Gasteiger partial charge is 0.467 e. The smallest absolute Gasteiger partial charge is 0.164 e. The summed E-state index contributed by atoms with van der Waals surface area (Å²) in [4.78, 5) is 0. The predicted molar refractivity (Wildman–Crippen MR) is 55.8 cm³/mol. The number of furan rings is 1. The Morgan fingerprint density at radius 3 is 2.62 bits per heavy atom. The molecule has 0 aliphatic heterocycles. The molecule has 2 N–H and O–H groups in total. The van der Waals surface area contributed by atoms with Gasteiger partial charge in [0.15, 0.2) is 11.6 Å². The molecular weight excluding hydrogens is 212 g/mol. The highest BCUT2D eigenvalue weighted by Gasteiger charge is 2.20. The van der Waals surface area contributed by atoms with E-state index in [4.69, 9.17) is 10.2 Å². The fraction of sp³-hybridized carbons (Fsp3) is 0.167. The van der Waals surface area contributed by atoms with Crippen molar-refractivity contribution in [3.8, 4) is 0 Å². The summed E-state index contributed by atoms with van der Waals surface area (Å²) < 4.78 is 31.7. The average molecular weight is 223 g/mol. The Morgan fingerprint density at radius 1 is 1.25 bits per heavy atom. The normalized spacial score (nSPS) is 12.8. The number of halogens is 2. The molecule has 2 aromatic rings. The topological polar surface area (TPSA) is 39.2 Å². The van der Waals surface area contributed by atoms with E-state index < -0.39 is 17.7 Å². The lowest BCUT2D eigenvalue weighted by molar-refractivity contribution is 0.460. The standard InChI is InChI=1S/C12H11F2NO/c1-7-5-6-16-12(7)11(15)8-3-2-4-9(13)10(8)14/h2-6,11H,15H2,1H3. The molecule has 4 heteroatoms. The molecule has 1 aromatic carbocycles. The van der Waals surface area contributed by atoms with E-state index in [1.165, 1.54) is 18.4 Å². The summed E-state index contributed by atoms with van der Waals surface area (Å²) in [6, 6.07) is 4.87. The Labute approximate surface area is 91.7 Å².